The maximum absolute atomic E-state index is 9.35. The first-order chi connectivity index (χ1) is 13.7. The van der Waals surface area contributed by atoms with E-state index in [9.17, 15) is 5.26 Å². The summed E-state index contributed by atoms with van der Waals surface area (Å²) >= 11 is 12.8. The largest absolute Gasteiger partial charge is 0.373 e. The smallest absolute Gasteiger partial charge is 0.179 e. The van der Waals surface area contributed by atoms with Gasteiger partial charge >= 0.3 is 0 Å². The molecule has 0 spiro atoms. The van der Waals surface area contributed by atoms with Crippen molar-refractivity contribution in [2.75, 3.05) is 0 Å². The third-order valence-electron chi connectivity index (χ3n) is 6.23. The van der Waals surface area contributed by atoms with Gasteiger partial charge in [-0.1, -0.05) is 34.4 Å². The molecule has 3 atom stereocenters. The standard InChI is InChI=1S/C21H21Cl2N3O2/c22-17-2-1-3-18(23)19(17)20-16(21(28-25-20)12-4-5-12)10-27-15-8-13-6-7-14(9-15)26(13)11-24/h1-3,12-15H,4-10H2/t13-,14+,15?. The van der Waals surface area contributed by atoms with Crippen LogP contribution in [0.15, 0.2) is 22.7 Å². The molecule has 2 aliphatic heterocycles. The van der Waals surface area contributed by atoms with Crippen LogP contribution in [0.3, 0.4) is 0 Å². The fourth-order valence-corrected chi connectivity index (χ4v) is 5.25. The molecule has 1 unspecified atom stereocenters. The van der Waals surface area contributed by atoms with Crippen LogP contribution >= 0.6 is 23.2 Å². The molecular weight excluding hydrogens is 397 g/mol. The Morgan fingerprint density at radius 3 is 2.43 bits per heavy atom. The SMILES string of the molecule is N#CN1[C@@H]2CC[C@H]1CC(OCc1c(-c3c(Cl)cccc3Cl)noc1C1CC1)C2. The van der Waals surface area contributed by atoms with Crippen LogP contribution in [0.25, 0.3) is 11.3 Å². The summed E-state index contributed by atoms with van der Waals surface area (Å²) in [6.07, 6.45) is 8.70. The Bertz CT molecular complexity index is 900. The summed E-state index contributed by atoms with van der Waals surface area (Å²) in [5.41, 5.74) is 2.36. The molecule has 2 aromatic rings. The van der Waals surface area contributed by atoms with Crippen LogP contribution in [0.5, 0.6) is 0 Å². The van der Waals surface area contributed by atoms with Gasteiger partial charge in [0.1, 0.15) is 11.5 Å². The van der Waals surface area contributed by atoms with Gasteiger partial charge in [-0.2, -0.15) is 5.26 Å². The molecule has 2 bridgehead atoms. The number of hydrogen-bond acceptors (Lipinski definition) is 5. The Balaban J connectivity index is 1.39. The molecule has 0 radical (unpaired) electrons. The lowest BCUT2D eigenvalue weighted by Gasteiger charge is -2.35. The van der Waals surface area contributed by atoms with E-state index in [2.05, 4.69) is 11.3 Å². The summed E-state index contributed by atoms with van der Waals surface area (Å²) in [5.74, 6) is 1.32. The zero-order valence-electron chi connectivity index (χ0n) is 15.4. The third-order valence-corrected chi connectivity index (χ3v) is 6.86. The molecule has 146 valence electrons. The first-order valence-corrected chi connectivity index (χ1v) is 10.6. The molecule has 1 saturated carbocycles. The number of nitrogens with zero attached hydrogens (tertiary/aromatic N) is 3. The van der Waals surface area contributed by atoms with Gasteiger partial charge in [-0.25, -0.2) is 0 Å². The topological polar surface area (TPSA) is 62.3 Å². The monoisotopic (exact) mass is 417 g/mol. The molecule has 1 aromatic carbocycles. The van der Waals surface area contributed by atoms with Gasteiger partial charge in [0.25, 0.3) is 0 Å². The minimum atomic E-state index is 0.152. The highest BCUT2D eigenvalue weighted by Gasteiger charge is 2.41. The fraction of sp³-hybridized carbons (Fsp3) is 0.524. The summed E-state index contributed by atoms with van der Waals surface area (Å²) in [5, 5.41) is 14.8. The summed E-state index contributed by atoms with van der Waals surface area (Å²) in [4.78, 5) is 1.96. The highest BCUT2D eigenvalue weighted by molar-refractivity contribution is 6.39. The first kappa shape index (κ1) is 18.3. The maximum atomic E-state index is 9.35. The van der Waals surface area contributed by atoms with E-state index in [-0.39, 0.29) is 6.10 Å². The number of halogens is 2. The number of aromatic nitrogens is 1. The molecule has 0 N–H and O–H groups in total. The van der Waals surface area contributed by atoms with Crippen molar-refractivity contribution >= 4 is 23.2 Å². The van der Waals surface area contributed by atoms with Crippen molar-refractivity contribution < 1.29 is 9.26 Å². The molecule has 3 heterocycles. The molecule has 5 rings (SSSR count). The van der Waals surface area contributed by atoms with Gasteiger partial charge in [0.05, 0.1) is 22.8 Å². The predicted molar refractivity (Wildman–Crippen MR) is 106 cm³/mol. The summed E-state index contributed by atoms with van der Waals surface area (Å²) < 4.78 is 12.1. The Hall–Kier alpha value is -1.74. The molecular formula is C21H21Cl2N3O2. The molecule has 3 aliphatic rings. The molecule has 0 amide bonds. The molecule has 1 aliphatic carbocycles. The molecule has 5 nitrogen and oxygen atoms in total. The molecule has 2 saturated heterocycles. The van der Waals surface area contributed by atoms with E-state index in [1.54, 1.807) is 0 Å². The lowest BCUT2D eigenvalue weighted by molar-refractivity contribution is -0.0143. The Morgan fingerprint density at radius 1 is 1.14 bits per heavy atom. The number of benzene rings is 1. The van der Waals surface area contributed by atoms with Crippen LogP contribution in [0.1, 0.15) is 55.8 Å². The van der Waals surface area contributed by atoms with Crippen LogP contribution in [0.4, 0.5) is 0 Å². The Morgan fingerprint density at radius 2 is 1.82 bits per heavy atom. The Kier molecular flexibility index (Phi) is 4.74. The number of ether oxygens (including phenoxy) is 1. The van der Waals surface area contributed by atoms with E-state index in [4.69, 9.17) is 32.5 Å². The second-order valence-electron chi connectivity index (χ2n) is 8.04. The van der Waals surface area contributed by atoms with Crippen molar-refractivity contribution in [3.8, 4) is 17.5 Å². The third kappa shape index (κ3) is 3.18. The molecule has 3 fully saturated rings. The van der Waals surface area contributed by atoms with Crippen molar-refractivity contribution in [1.29, 1.82) is 5.26 Å². The van der Waals surface area contributed by atoms with E-state index < -0.39 is 0 Å². The van der Waals surface area contributed by atoms with Crippen LogP contribution in [0.2, 0.25) is 10.0 Å². The van der Waals surface area contributed by atoms with Crippen molar-refractivity contribution in [3.05, 3.63) is 39.6 Å². The number of rotatable bonds is 5. The number of hydrogen-bond donors (Lipinski definition) is 0. The van der Waals surface area contributed by atoms with E-state index in [0.717, 1.165) is 49.8 Å². The molecule has 28 heavy (non-hydrogen) atoms. The summed E-state index contributed by atoms with van der Waals surface area (Å²) in [6, 6.07) is 6.08. The normalized spacial score (nSPS) is 26.5. The van der Waals surface area contributed by atoms with Gasteiger partial charge in [0.2, 0.25) is 0 Å². The first-order valence-electron chi connectivity index (χ1n) is 9.88. The van der Waals surface area contributed by atoms with Crippen LogP contribution in [-0.2, 0) is 11.3 Å². The minimum absolute atomic E-state index is 0.152. The second kappa shape index (κ2) is 7.26. The highest BCUT2D eigenvalue weighted by atomic mass is 35.5. The highest BCUT2D eigenvalue weighted by Crippen LogP contribution is 2.46. The number of nitriles is 1. The van der Waals surface area contributed by atoms with E-state index in [1.165, 1.54) is 0 Å². The number of fused-ring (bicyclic) bond motifs is 2. The molecule has 1 aromatic heterocycles. The second-order valence-corrected chi connectivity index (χ2v) is 8.86. The zero-order valence-corrected chi connectivity index (χ0v) is 16.9. The van der Waals surface area contributed by atoms with Crippen LogP contribution in [-0.4, -0.2) is 28.2 Å². The lowest BCUT2D eigenvalue weighted by Crippen LogP contribution is -2.42. The predicted octanol–water partition coefficient (Wildman–Crippen LogP) is 5.52. The van der Waals surface area contributed by atoms with Gasteiger partial charge in [-0.15, -0.1) is 0 Å². The summed E-state index contributed by atoms with van der Waals surface area (Å²) in [6.45, 7) is 0.433. The van der Waals surface area contributed by atoms with Gasteiger partial charge in [0, 0.05) is 29.1 Å². The molecule has 7 heteroatoms. The van der Waals surface area contributed by atoms with Crippen molar-refractivity contribution in [3.63, 3.8) is 0 Å². The van der Waals surface area contributed by atoms with Gasteiger partial charge in [-0.3, -0.25) is 0 Å². The number of piperidine rings is 1. The van der Waals surface area contributed by atoms with Crippen molar-refractivity contribution in [1.82, 2.24) is 10.1 Å². The van der Waals surface area contributed by atoms with Crippen LogP contribution in [0, 0.1) is 11.5 Å². The average Bonchev–Trinajstić information content (AvgIpc) is 3.39. The van der Waals surface area contributed by atoms with E-state index in [1.807, 2.05) is 23.1 Å². The summed E-state index contributed by atoms with van der Waals surface area (Å²) in [7, 11) is 0. The van der Waals surface area contributed by atoms with E-state index >= 15 is 0 Å². The minimum Gasteiger partial charge on any atom is -0.373 e. The van der Waals surface area contributed by atoms with E-state index in [0.29, 0.717) is 45.9 Å². The van der Waals surface area contributed by atoms with Crippen molar-refractivity contribution in [2.24, 2.45) is 0 Å². The average molecular weight is 418 g/mol. The lowest BCUT2D eigenvalue weighted by atomic mass is 10.00. The van der Waals surface area contributed by atoms with Gasteiger partial charge in [-0.05, 0) is 50.7 Å². The van der Waals surface area contributed by atoms with Gasteiger partial charge in [0.15, 0.2) is 6.19 Å². The quantitative estimate of drug-likeness (QED) is 0.599. The van der Waals surface area contributed by atoms with Crippen molar-refractivity contribution in [2.45, 2.75) is 69.2 Å². The van der Waals surface area contributed by atoms with Gasteiger partial charge < -0.3 is 14.2 Å². The van der Waals surface area contributed by atoms with Crippen LogP contribution < -0.4 is 0 Å². The Labute approximate surface area is 174 Å². The maximum Gasteiger partial charge on any atom is 0.179 e. The fourth-order valence-electron chi connectivity index (χ4n) is 4.68. The zero-order chi connectivity index (χ0) is 19.3.